The number of rotatable bonds is 3. The molecule has 0 spiro atoms. The van der Waals surface area contributed by atoms with E-state index in [4.69, 9.17) is 20.4 Å². The summed E-state index contributed by atoms with van der Waals surface area (Å²) in [5, 5.41) is 9.22. The van der Waals surface area contributed by atoms with Crippen molar-refractivity contribution in [3.8, 4) is 17.3 Å². The molecule has 0 saturated carbocycles. The number of hydrogen-bond donors (Lipinski definition) is 1. The minimum Gasteiger partial charge on any atom is -0.378 e. The van der Waals surface area contributed by atoms with E-state index in [1.165, 1.54) is 0 Å². The minimum atomic E-state index is 0.234. The summed E-state index contributed by atoms with van der Waals surface area (Å²) in [6.45, 7) is 5.59. The van der Waals surface area contributed by atoms with Crippen LogP contribution in [0.15, 0.2) is 30.6 Å². The van der Waals surface area contributed by atoms with E-state index in [9.17, 15) is 5.26 Å². The van der Waals surface area contributed by atoms with Gasteiger partial charge in [0, 0.05) is 48.8 Å². The highest BCUT2D eigenvalue weighted by Crippen LogP contribution is 2.40. The molecule has 2 aliphatic heterocycles. The number of aryl methyl sites for hydroxylation is 1. The van der Waals surface area contributed by atoms with Crippen LogP contribution in [0.4, 0.5) is 23.4 Å². The summed E-state index contributed by atoms with van der Waals surface area (Å²) in [6.07, 6.45) is 4.23. The maximum absolute atomic E-state index is 9.22. The van der Waals surface area contributed by atoms with Gasteiger partial charge in [0.15, 0.2) is 0 Å². The molecule has 0 bridgehead atoms. The predicted octanol–water partition coefficient (Wildman–Crippen LogP) is 2.23. The molecule has 5 rings (SSSR count). The maximum atomic E-state index is 9.22. The van der Waals surface area contributed by atoms with Crippen LogP contribution in [0.25, 0.3) is 11.3 Å². The molecule has 2 aromatic heterocycles. The number of anilines is 4. The van der Waals surface area contributed by atoms with Crippen molar-refractivity contribution in [1.29, 1.82) is 5.26 Å². The number of nitriles is 1. The van der Waals surface area contributed by atoms with Crippen LogP contribution in [0, 0.1) is 18.3 Å². The second-order valence-corrected chi connectivity index (χ2v) is 7.62. The van der Waals surface area contributed by atoms with E-state index >= 15 is 0 Å². The number of nitrogens with zero attached hydrogens (tertiary/aromatic N) is 7. The fraction of sp³-hybridized carbons (Fsp3) is 0.318. The Hall–Kier alpha value is -3.77. The van der Waals surface area contributed by atoms with E-state index in [-0.39, 0.29) is 5.95 Å². The Bertz CT molecular complexity index is 1170. The quantitative estimate of drug-likeness (QED) is 0.688. The van der Waals surface area contributed by atoms with Gasteiger partial charge in [0.2, 0.25) is 11.9 Å². The summed E-state index contributed by atoms with van der Waals surface area (Å²) in [6, 6.07) is 7.95. The number of ether oxygens (including phenoxy) is 1. The van der Waals surface area contributed by atoms with E-state index in [0.717, 1.165) is 59.9 Å². The van der Waals surface area contributed by atoms with Crippen molar-refractivity contribution >= 4 is 23.4 Å². The topological polar surface area (TPSA) is 117 Å². The lowest BCUT2D eigenvalue weighted by atomic mass is 10.1. The van der Waals surface area contributed by atoms with Gasteiger partial charge in [-0.2, -0.15) is 10.2 Å². The van der Waals surface area contributed by atoms with Gasteiger partial charge < -0.3 is 20.3 Å². The molecule has 4 heterocycles. The van der Waals surface area contributed by atoms with Crippen molar-refractivity contribution in [3.63, 3.8) is 0 Å². The number of hydrogen-bond acceptors (Lipinski definition) is 9. The van der Waals surface area contributed by atoms with Gasteiger partial charge in [0.25, 0.3) is 0 Å². The molecule has 9 nitrogen and oxygen atoms in total. The highest BCUT2D eigenvalue weighted by molar-refractivity contribution is 5.78. The highest BCUT2D eigenvalue weighted by Gasteiger charge is 2.30. The molecule has 156 valence electrons. The SMILES string of the molecule is Cc1cc(C#N)ccc1N1CCc2c(-c3cnc(N)nc3)nc(N3CCOCC3)nc21. The zero-order valence-corrected chi connectivity index (χ0v) is 17.2. The second kappa shape index (κ2) is 7.81. The number of fused-ring (bicyclic) bond motifs is 1. The maximum Gasteiger partial charge on any atom is 0.228 e. The van der Waals surface area contributed by atoms with E-state index in [2.05, 4.69) is 25.8 Å². The largest absolute Gasteiger partial charge is 0.378 e. The first kappa shape index (κ1) is 19.2. The van der Waals surface area contributed by atoms with Crippen molar-refractivity contribution < 1.29 is 4.74 Å². The number of morpholine rings is 1. The molecule has 3 aromatic rings. The molecular weight excluding hydrogens is 392 g/mol. The van der Waals surface area contributed by atoms with Crippen LogP contribution >= 0.6 is 0 Å². The van der Waals surface area contributed by atoms with Crippen molar-refractivity contribution in [1.82, 2.24) is 19.9 Å². The fourth-order valence-corrected chi connectivity index (χ4v) is 4.11. The number of aromatic nitrogens is 4. The smallest absolute Gasteiger partial charge is 0.228 e. The molecule has 1 saturated heterocycles. The molecule has 0 radical (unpaired) electrons. The summed E-state index contributed by atoms with van der Waals surface area (Å²) in [7, 11) is 0. The fourth-order valence-electron chi connectivity index (χ4n) is 4.11. The van der Waals surface area contributed by atoms with Crippen LogP contribution in [0.5, 0.6) is 0 Å². The predicted molar refractivity (Wildman–Crippen MR) is 117 cm³/mol. The van der Waals surface area contributed by atoms with Crippen LogP contribution in [0.2, 0.25) is 0 Å². The lowest BCUT2D eigenvalue weighted by Crippen LogP contribution is -2.37. The highest BCUT2D eigenvalue weighted by atomic mass is 16.5. The molecule has 2 aliphatic rings. The molecule has 2 N–H and O–H groups in total. The third-order valence-electron chi connectivity index (χ3n) is 5.67. The van der Waals surface area contributed by atoms with E-state index in [1.54, 1.807) is 12.4 Å². The lowest BCUT2D eigenvalue weighted by molar-refractivity contribution is 0.122. The monoisotopic (exact) mass is 414 g/mol. The Morgan fingerprint density at radius 1 is 1.10 bits per heavy atom. The summed E-state index contributed by atoms with van der Waals surface area (Å²) in [5.41, 5.74) is 11.1. The van der Waals surface area contributed by atoms with Gasteiger partial charge in [-0.25, -0.2) is 15.0 Å². The van der Waals surface area contributed by atoms with Crippen molar-refractivity contribution in [2.75, 3.05) is 48.4 Å². The standard InChI is InChI=1S/C22H22N8O/c1-14-10-15(11-23)2-3-18(14)30-5-4-17-19(16-12-25-21(24)26-13-16)27-22(28-20(17)30)29-6-8-31-9-7-29/h2-3,10,12-13H,4-9H2,1H3,(H2,24,25,26). The van der Waals surface area contributed by atoms with E-state index < -0.39 is 0 Å². The lowest BCUT2D eigenvalue weighted by Gasteiger charge is -2.28. The zero-order chi connectivity index (χ0) is 21.4. The van der Waals surface area contributed by atoms with E-state index in [1.807, 2.05) is 25.1 Å². The third kappa shape index (κ3) is 3.51. The summed E-state index contributed by atoms with van der Waals surface area (Å²) in [5.74, 6) is 1.79. The van der Waals surface area contributed by atoms with Gasteiger partial charge in [-0.05, 0) is 37.1 Å². The van der Waals surface area contributed by atoms with Gasteiger partial charge in [0.1, 0.15) is 5.82 Å². The molecule has 9 heteroatoms. The van der Waals surface area contributed by atoms with Crippen LogP contribution in [0.3, 0.4) is 0 Å². The van der Waals surface area contributed by atoms with Crippen molar-refractivity contribution in [2.45, 2.75) is 13.3 Å². The summed E-state index contributed by atoms with van der Waals surface area (Å²) in [4.78, 5) is 22.6. The molecule has 31 heavy (non-hydrogen) atoms. The first-order valence-corrected chi connectivity index (χ1v) is 10.2. The van der Waals surface area contributed by atoms with Gasteiger partial charge in [0.05, 0.1) is 30.5 Å². The number of nitrogens with two attached hydrogens (primary N) is 1. The zero-order valence-electron chi connectivity index (χ0n) is 17.2. The summed E-state index contributed by atoms with van der Waals surface area (Å²) < 4.78 is 5.50. The Morgan fingerprint density at radius 3 is 2.58 bits per heavy atom. The van der Waals surface area contributed by atoms with Crippen LogP contribution in [-0.4, -0.2) is 52.8 Å². The Balaban J connectivity index is 1.64. The number of benzene rings is 1. The number of nitrogen functional groups attached to an aromatic ring is 1. The molecule has 0 atom stereocenters. The normalized spacial score (nSPS) is 15.6. The first-order chi connectivity index (χ1) is 15.1. The van der Waals surface area contributed by atoms with Gasteiger partial charge in [-0.1, -0.05) is 0 Å². The Morgan fingerprint density at radius 2 is 1.87 bits per heavy atom. The second-order valence-electron chi connectivity index (χ2n) is 7.62. The first-order valence-electron chi connectivity index (χ1n) is 10.2. The third-order valence-corrected chi connectivity index (χ3v) is 5.67. The Kier molecular flexibility index (Phi) is 4.84. The van der Waals surface area contributed by atoms with E-state index in [0.29, 0.717) is 24.7 Å². The molecule has 0 unspecified atom stereocenters. The average Bonchev–Trinajstić information content (AvgIpc) is 3.23. The molecular formula is C22H22N8O. The minimum absolute atomic E-state index is 0.234. The van der Waals surface area contributed by atoms with Crippen LogP contribution < -0.4 is 15.5 Å². The Labute approximate surface area is 180 Å². The van der Waals surface area contributed by atoms with Gasteiger partial charge in [-0.15, -0.1) is 0 Å². The molecule has 0 amide bonds. The van der Waals surface area contributed by atoms with Gasteiger partial charge in [-0.3, -0.25) is 0 Å². The van der Waals surface area contributed by atoms with Crippen LogP contribution in [-0.2, 0) is 11.2 Å². The molecule has 1 aromatic carbocycles. The van der Waals surface area contributed by atoms with Crippen molar-refractivity contribution in [3.05, 3.63) is 47.3 Å². The average molecular weight is 414 g/mol. The van der Waals surface area contributed by atoms with Gasteiger partial charge >= 0.3 is 0 Å². The summed E-state index contributed by atoms with van der Waals surface area (Å²) >= 11 is 0. The van der Waals surface area contributed by atoms with Crippen molar-refractivity contribution in [2.24, 2.45) is 0 Å². The molecule has 1 fully saturated rings. The molecule has 0 aliphatic carbocycles. The van der Waals surface area contributed by atoms with Crippen LogP contribution in [0.1, 0.15) is 16.7 Å².